The van der Waals surface area contributed by atoms with Crippen molar-refractivity contribution in [2.45, 2.75) is 113 Å². The number of Topliss-reactive ketones (excluding diaryl/α,β-unsaturated/α-hetero) is 2. The first-order valence-electron chi connectivity index (χ1n) is 25.1. The van der Waals surface area contributed by atoms with E-state index in [1.165, 1.54) is 45.5 Å². The second-order valence-corrected chi connectivity index (χ2v) is 19.8. The Kier molecular flexibility index (Phi) is 14.0. The van der Waals surface area contributed by atoms with Crippen LogP contribution >= 0.6 is 0 Å². The van der Waals surface area contributed by atoms with Gasteiger partial charge in [-0.25, -0.2) is 38.3 Å². The van der Waals surface area contributed by atoms with Gasteiger partial charge in [0, 0.05) is 38.0 Å². The molecule has 0 spiro atoms. The number of rotatable bonds is 12. The van der Waals surface area contributed by atoms with Crippen LogP contribution in [0.4, 0.5) is 30.0 Å². The molecule has 2 aliphatic carbocycles. The number of ketones is 2. The number of nitrogens with one attached hydrogen (secondary N) is 2. The second-order valence-electron chi connectivity index (χ2n) is 19.8. The fraction of sp³-hybridized carbons (Fsp3) is 0.423. The number of anilines is 2. The number of pyridine rings is 2. The lowest BCUT2D eigenvalue weighted by atomic mass is 9.88. The van der Waals surface area contributed by atoms with E-state index >= 15 is 0 Å². The Bertz CT molecular complexity index is 3180. The Morgan fingerprint density at radius 3 is 1.46 bits per heavy atom. The van der Waals surface area contributed by atoms with Crippen molar-refractivity contribution in [2.75, 3.05) is 36.1 Å². The van der Waals surface area contributed by atoms with Gasteiger partial charge in [-0.3, -0.25) is 29.0 Å². The lowest BCUT2D eigenvalue weighted by Gasteiger charge is -2.33. The van der Waals surface area contributed by atoms with Gasteiger partial charge in [-0.1, -0.05) is 0 Å². The van der Waals surface area contributed by atoms with Crippen LogP contribution in [0.3, 0.4) is 0 Å². The molecule has 8 heterocycles. The van der Waals surface area contributed by atoms with Gasteiger partial charge in [0.05, 0.1) is 96.1 Å². The van der Waals surface area contributed by atoms with E-state index < -0.39 is 47.1 Å². The minimum absolute atomic E-state index is 0.00971. The number of ether oxygens (including phenoxy) is 4. The molecule has 0 radical (unpaired) electrons. The molecule has 0 unspecified atom stereocenters. The van der Waals surface area contributed by atoms with Crippen molar-refractivity contribution in [3.05, 3.63) is 117 Å². The summed E-state index contributed by atoms with van der Waals surface area (Å²) in [4.78, 5) is 93.9. The molecule has 396 valence electrons. The van der Waals surface area contributed by atoms with Crippen LogP contribution in [0, 0.1) is 11.6 Å². The molecule has 12 rings (SSSR count). The molecule has 2 saturated carbocycles. The van der Waals surface area contributed by atoms with E-state index in [4.69, 9.17) is 18.9 Å². The molecule has 4 N–H and O–H groups in total. The third kappa shape index (κ3) is 10.4. The highest BCUT2D eigenvalue weighted by Crippen LogP contribution is 2.38. The summed E-state index contributed by atoms with van der Waals surface area (Å²) in [6.45, 7) is 0.416. The molecule has 4 fully saturated rings. The summed E-state index contributed by atoms with van der Waals surface area (Å²) >= 11 is 0. The predicted octanol–water partition coefficient (Wildman–Crippen LogP) is 2.66. The van der Waals surface area contributed by atoms with E-state index in [9.17, 15) is 47.8 Å². The van der Waals surface area contributed by atoms with Gasteiger partial charge in [-0.15, -0.1) is 0 Å². The molecule has 22 nitrogen and oxygen atoms in total. The fourth-order valence-electron chi connectivity index (χ4n) is 10.9. The van der Waals surface area contributed by atoms with E-state index in [0.717, 1.165) is 25.2 Å². The minimum Gasteiger partial charge on any atom is -0.484 e. The average molecular weight is 1050 g/mol. The van der Waals surface area contributed by atoms with Crippen molar-refractivity contribution in [1.29, 1.82) is 0 Å². The Hall–Kier alpha value is -7.80. The van der Waals surface area contributed by atoms with Crippen molar-refractivity contribution in [3.63, 3.8) is 0 Å². The standard InChI is InChI=1S/2C26H26FN5O6/c2*27-14-1-3-18-21(7-14)31(25(35)11-29-18)12-17(34)10-28-15-2-4-20-23(8-15)38-26(36)32(20)24-6-5-22-19(30-24)9-16(33)13-37-22/h2*1,3,5-7,11,15,17,20,23,28,34H,2,4,8-10,12-13H2/t15-,17+,20-,23-;15-,17-,20-,23-/m11/s1. The summed E-state index contributed by atoms with van der Waals surface area (Å²) in [5.41, 5.74) is 1.75. The van der Waals surface area contributed by atoms with Crippen molar-refractivity contribution >= 4 is 57.5 Å². The number of hydrogen-bond donors (Lipinski definition) is 4. The van der Waals surface area contributed by atoms with Crippen LogP contribution in [-0.4, -0.2) is 138 Å². The molecule has 76 heavy (non-hydrogen) atoms. The summed E-state index contributed by atoms with van der Waals surface area (Å²) in [5.74, 6) is 0.873. The highest BCUT2D eigenvalue weighted by atomic mass is 19.1. The van der Waals surface area contributed by atoms with Crippen LogP contribution in [0.2, 0.25) is 0 Å². The molecule has 6 aromatic rings. The van der Waals surface area contributed by atoms with Crippen LogP contribution in [0.15, 0.2) is 82.6 Å². The molecule has 0 bridgehead atoms. The van der Waals surface area contributed by atoms with Gasteiger partial charge in [0.1, 0.15) is 60.2 Å². The number of nitrogens with zero attached hydrogens (tertiary/aromatic N) is 8. The summed E-state index contributed by atoms with van der Waals surface area (Å²) < 4.78 is 52.3. The summed E-state index contributed by atoms with van der Waals surface area (Å²) in [6, 6.07) is 14.4. The highest BCUT2D eigenvalue weighted by Gasteiger charge is 2.48. The largest absolute Gasteiger partial charge is 0.484 e. The molecular weight excluding hydrogens is 995 g/mol. The topological polar surface area (TPSA) is 272 Å². The molecule has 4 aliphatic heterocycles. The maximum atomic E-state index is 13.8. The van der Waals surface area contributed by atoms with E-state index in [1.807, 2.05) is 0 Å². The molecule has 2 saturated heterocycles. The first kappa shape index (κ1) is 50.4. The monoisotopic (exact) mass is 1050 g/mol. The number of carbonyl (C=O) groups is 4. The fourth-order valence-corrected chi connectivity index (χ4v) is 10.9. The van der Waals surface area contributed by atoms with Gasteiger partial charge in [-0.2, -0.15) is 0 Å². The summed E-state index contributed by atoms with van der Waals surface area (Å²) in [7, 11) is 0. The molecule has 2 aromatic carbocycles. The van der Waals surface area contributed by atoms with E-state index in [1.54, 1.807) is 34.1 Å². The van der Waals surface area contributed by atoms with Crippen LogP contribution in [-0.2, 0) is 45.0 Å². The van der Waals surface area contributed by atoms with Crippen molar-refractivity contribution in [2.24, 2.45) is 0 Å². The van der Waals surface area contributed by atoms with Gasteiger partial charge in [0.15, 0.2) is 11.6 Å². The molecule has 8 atom stereocenters. The van der Waals surface area contributed by atoms with Gasteiger partial charge in [-0.05, 0) is 86.3 Å². The number of hydrogen-bond acceptors (Lipinski definition) is 18. The summed E-state index contributed by atoms with van der Waals surface area (Å²) in [5, 5.41) is 27.9. The Morgan fingerprint density at radius 2 is 1.03 bits per heavy atom. The van der Waals surface area contributed by atoms with E-state index in [2.05, 4.69) is 30.6 Å². The number of halogens is 2. The van der Waals surface area contributed by atoms with Crippen molar-refractivity contribution < 1.29 is 57.1 Å². The van der Waals surface area contributed by atoms with Crippen molar-refractivity contribution in [1.82, 2.24) is 39.7 Å². The average Bonchev–Trinajstić information content (AvgIpc) is 3.92. The number of aliphatic hydroxyl groups is 2. The number of carbonyl (C=O) groups excluding carboxylic acids is 4. The van der Waals surface area contributed by atoms with Gasteiger partial charge < -0.3 is 48.9 Å². The van der Waals surface area contributed by atoms with Gasteiger partial charge in [0.25, 0.3) is 11.1 Å². The molecule has 24 heteroatoms. The predicted molar refractivity (Wildman–Crippen MR) is 265 cm³/mol. The van der Waals surface area contributed by atoms with Crippen LogP contribution in [0.5, 0.6) is 11.5 Å². The third-order valence-corrected chi connectivity index (χ3v) is 14.6. The Labute approximate surface area is 430 Å². The maximum absolute atomic E-state index is 13.8. The lowest BCUT2D eigenvalue weighted by molar-refractivity contribution is -0.122. The highest BCUT2D eigenvalue weighted by molar-refractivity contribution is 5.91. The summed E-state index contributed by atoms with van der Waals surface area (Å²) in [6.07, 6.45) is 3.06. The van der Waals surface area contributed by atoms with E-state index in [0.29, 0.717) is 82.3 Å². The van der Waals surface area contributed by atoms with Crippen LogP contribution in [0.25, 0.3) is 22.1 Å². The SMILES string of the molecule is O=C1COc2ccc(N3C(=O)O[C@@H]4C[C@H](NC[C@@H](O)Cn5c(=O)cnc6ccc(F)cc65)CC[C@H]43)nc2C1.O=C1COc2ccc(N3C(=O)O[C@@H]4C[C@H](NC[C@H](O)Cn5c(=O)cnc6ccc(F)cc65)CC[C@H]43)nc2C1. The lowest BCUT2D eigenvalue weighted by Crippen LogP contribution is -2.47. The number of benzene rings is 2. The molecule has 6 aliphatic rings. The zero-order valence-corrected chi connectivity index (χ0v) is 40.8. The van der Waals surface area contributed by atoms with Crippen molar-refractivity contribution in [3.8, 4) is 11.5 Å². The first-order valence-corrected chi connectivity index (χ1v) is 25.1. The number of aromatic nitrogens is 6. The third-order valence-electron chi connectivity index (χ3n) is 14.6. The Balaban J connectivity index is 0.000000162. The number of amides is 2. The smallest absolute Gasteiger partial charge is 0.416 e. The van der Waals surface area contributed by atoms with Gasteiger partial charge >= 0.3 is 12.2 Å². The molecule has 2 amide bonds. The second kappa shape index (κ2) is 21.1. The van der Waals surface area contributed by atoms with Crippen LogP contribution < -0.4 is 41.0 Å². The van der Waals surface area contributed by atoms with Crippen LogP contribution in [0.1, 0.15) is 49.9 Å². The normalized spacial score (nSPS) is 23.5. The van der Waals surface area contributed by atoms with Gasteiger partial charge in [0.2, 0.25) is 0 Å². The maximum Gasteiger partial charge on any atom is 0.416 e. The van der Waals surface area contributed by atoms with E-state index in [-0.39, 0.29) is 100 Å². The minimum atomic E-state index is -0.911. The zero-order chi connectivity index (χ0) is 52.8. The zero-order valence-electron chi connectivity index (χ0n) is 40.8. The number of fused-ring (bicyclic) bond motifs is 6. The molecular formula is C52H52F2N10O12. The molecule has 4 aromatic heterocycles. The number of aliphatic hydroxyl groups excluding tert-OH is 2. The first-order chi connectivity index (χ1) is 36.7. The quantitative estimate of drug-likeness (QED) is 0.137. The Morgan fingerprint density at radius 1 is 0.592 bits per heavy atom.